The van der Waals surface area contributed by atoms with Gasteiger partial charge >= 0.3 is 0 Å². The summed E-state index contributed by atoms with van der Waals surface area (Å²) >= 11 is 0. The second kappa shape index (κ2) is 7.01. The van der Waals surface area contributed by atoms with Gasteiger partial charge in [0.05, 0.1) is 5.69 Å². The quantitative estimate of drug-likeness (QED) is 0.897. The fraction of sp³-hybridized carbons (Fsp3) is 0.632. The van der Waals surface area contributed by atoms with E-state index in [9.17, 15) is 9.18 Å². The van der Waals surface area contributed by atoms with Gasteiger partial charge in [-0.25, -0.2) is 4.39 Å². The smallest absolute Gasteiger partial charge is 0.227 e. The summed E-state index contributed by atoms with van der Waals surface area (Å²) in [6, 6.07) is 5.22. The van der Waals surface area contributed by atoms with E-state index in [2.05, 4.69) is 5.32 Å². The second-order valence-electron chi connectivity index (χ2n) is 7.50. The van der Waals surface area contributed by atoms with Crippen LogP contribution in [0.2, 0.25) is 0 Å². The second-order valence-corrected chi connectivity index (χ2v) is 7.50. The molecule has 0 radical (unpaired) electrons. The topological polar surface area (TPSA) is 32.3 Å². The van der Waals surface area contributed by atoms with Crippen molar-refractivity contribution in [1.29, 1.82) is 0 Å². The molecule has 0 bridgehead atoms. The summed E-state index contributed by atoms with van der Waals surface area (Å²) in [5.41, 5.74) is 1.53. The highest BCUT2D eigenvalue weighted by Crippen LogP contribution is 2.51. The number of carbonyl (C=O) groups excluding carboxylic acids is 1. The van der Waals surface area contributed by atoms with Crippen LogP contribution in [0.5, 0.6) is 0 Å². The number of nitrogens with zero attached hydrogens (tertiary/aromatic N) is 1. The van der Waals surface area contributed by atoms with Gasteiger partial charge in [-0.15, -0.1) is 12.4 Å². The minimum Gasteiger partial charge on any atom is -0.316 e. The summed E-state index contributed by atoms with van der Waals surface area (Å²) in [4.78, 5) is 14.7. The standard InChI is InChI=1S/C19H25FN2O.ClH/c20-15-4-3-5-16-18(15)19(9-1-2-10-19)13-22(16)17(23)7-6-14-8-11-21-12-14;/h3-5,14,21H,1-2,6-13H2;1H. The molecule has 2 heterocycles. The molecule has 3 aliphatic rings. The Morgan fingerprint density at radius 3 is 2.83 bits per heavy atom. The van der Waals surface area contributed by atoms with Crippen LogP contribution in [0, 0.1) is 11.7 Å². The predicted molar refractivity (Wildman–Crippen MR) is 96.4 cm³/mol. The normalized spacial score (nSPS) is 24.2. The molecule has 1 aromatic rings. The van der Waals surface area contributed by atoms with Crippen molar-refractivity contribution in [2.24, 2.45) is 5.92 Å². The van der Waals surface area contributed by atoms with E-state index in [1.165, 1.54) is 6.42 Å². The van der Waals surface area contributed by atoms with Gasteiger partial charge in [-0.2, -0.15) is 0 Å². The first-order valence-corrected chi connectivity index (χ1v) is 9.00. The Morgan fingerprint density at radius 1 is 1.33 bits per heavy atom. The zero-order valence-electron chi connectivity index (χ0n) is 14.0. The summed E-state index contributed by atoms with van der Waals surface area (Å²) in [5, 5.41) is 3.35. The van der Waals surface area contributed by atoms with Gasteiger partial charge in [-0.1, -0.05) is 18.9 Å². The molecule has 1 saturated carbocycles. The van der Waals surface area contributed by atoms with E-state index in [0.29, 0.717) is 18.9 Å². The van der Waals surface area contributed by atoms with Crippen molar-refractivity contribution < 1.29 is 9.18 Å². The van der Waals surface area contributed by atoms with Crippen LogP contribution < -0.4 is 10.2 Å². The molecule has 3 nitrogen and oxygen atoms in total. The molecule has 1 spiro atoms. The molecule has 24 heavy (non-hydrogen) atoms. The summed E-state index contributed by atoms with van der Waals surface area (Å²) in [5.74, 6) is 0.668. The zero-order valence-corrected chi connectivity index (χ0v) is 14.8. The number of benzene rings is 1. The molecule has 0 aromatic heterocycles. The van der Waals surface area contributed by atoms with Crippen molar-refractivity contribution in [3.63, 3.8) is 0 Å². The first-order chi connectivity index (χ1) is 11.2. The number of halogens is 2. The van der Waals surface area contributed by atoms with E-state index in [-0.39, 0.29) is 29.5 Å². The largest absolute Gasteiger partial charge is 0.316 e. The van der Waals surface area contributed by atoms with Gasteiger partial charge in [0.2, 0.25) is 5.91 Å². The van der Waals surface area contributed by atoms with Crippen LogP contribution in [0.25, 0.3) is 0 Å². The molecular formula is C19H26ClFN2O. The molecule has 1 saturated heterocycles. The van der Waals surface area contributed by atoms with Crippen LogP contribution >= 0.6 is 12.4 Å². The van der Waals surface area contributed by atoms with Crippen LogP contribution in [-0.2, 0) is 10.2 Å². The number of carbonyl (C=O) groups is 1. The maximum atomic E-state index is 14.5. The molecule has 1 atom stereocenters. The lowest BCUT2D eigenvalue weighted by Crippen LogP contribution is -2.35. The Bertz CT molecular complexity index is 609. The summed E-state index contributed by atoms with van der Waals surface area (Å²) in [6.07, 6.45) is 7.00. The van der Waals surface area contributed by atoms with Crippen molar-refractivity contribution >= 4 is 24.0 Å². The molecule has 1 N–H and O–H groups in total. The molecule has 4 rings (SSSR count). The van der Waals surface area contributed by atoms with Crippen molar-refractivity contribution in [1.82, 2.24) is 5.32 Å². The Kier molecular flexibility index (Phi) is 5.16. The number of hydrogen-bond donors (Lipinski definition) is 1. The average Bonchev–Trinajstić information content (AvgIpc) is 3.28. The molecular weight excluding hydrogens is 327 g/mol. The van der Waals surface area contributed by atoms with Crippen LogP contribution in [0.4, 0.5) is 10.1 Å². The maximum absolute atomic E-state index is 14.5. The minimum atomic E-state index is -0.125. The monoisotopic (exact) mass is 352 g/mol. The third-order valence-corrected chi connectivity index (χ3v) is 6.06. The number of anilines is 1. The van der Waals surface area contributed by atoms with E-state index in [1.54, 1.807) is 12.1 Å². The van der Waals surface area contributed by atoms with Crippen molar-refractivity contribution in [3.8, 4) is 0 Å². The highest BCUT2D eigenvalue weighted by atomic mass is 35.5. The molecule has 1 aromatic carbocycles. The molecule has 2 fully saturated rings. The molecule has 1 aliphatic carbocycles. The lowest BCUT2D eigenvalue weighted by Gasteiger charge is -2.25. The van der Waals surface area contributed by atoms with E-state index in [1.807, 2.05) is 11.0 Å². The first-order valence-electron chi connectivity index (χ1n) is 9.00. The Balaban J connectivity index is 0.00000169. The number of fused-ring (bicyclic) bond motifs is 2. The van der Waals surface area contributed by atoms with Gasteiger partial charge in [0.1, 0.15) is 5.82 Å². The number of nitrogens with one attached hydrogen (secondary N) is 1. The van der Waals surface area contributed by atoms with E-state index in [4.69, 9.17) is 0 Å². The lowest BCUT2D eigenvalue weighted by molar-refractivity contribution is -0.118. The third-order valence-electron chi connectivity index (χ3n) is 6.06. The van der Waals surface area contributed by atoms with Crippen molar-refractivity contribution in [3.05, 3.63) is 29.6 Å². The summed E-state index contributed by atoms with van der Waals surface area (Å²) < 4.78 is 14.5. The van der Waals surface area contributed by atoms with Crippen LogP contribution in [0.15, 0.2) is 18.2 Å². The van der Waals surface area contributed by atoms with Gasteiger partial charge in [-0.3, -0.25) is 4.79 Å². The fourth-order valence-electron chi connectivity index (χ4n) is 4.84. The molecule has 132 valence electrons. The first kappa shape index (κ1) is 17.7. The Labute approximate surface area is 149 Å². The van der Waals surface area contributed by atoms with Crippen LogP contribution in [0.3, 0.4) is 0 Å². The zero-order chi connectivity index (χ0) is 15.9. The van der Waals surface area contributed by atoms with Gasteiger partial charge in [0.15, 0.2) is 0 Å². The van der Waals surface area contributed by atoms with Crippen LogP contribution in [0.1, 0.15) is 50.5 Å². The minimum absolute atomic E-state index is 0. The molecule has 5 heteroatoms. The van der Waals surface area contributed by atoms with Gasteiger partial charge in [0.25, 0.3) is 0 Å². The number of rotatable bonds is 3. The molecule has 2 aliphatic heterocycles. The fourth-order valence-corrected chi connectivity index (χ4v) is 4.84. The van der Waals surface area contributed by atoms with E-state index in [0.717, 1.165) is 56.4 Å². The highest BCUT2D eigenvalue weighted by molar-refractivity contribution is 5.96. The number of hydrogen-bond acceptors (Lipinski definition) is 2. The highest BCUT2D eigenvalue weighted by Gasteiger charge is 2.47. The number of amides is 1. The molecule has 1 amide bonds. The van der Waals surface area contributed by atoms with Gasteiger partial charge in [-0.05, 0) is 56.8 Å². The lowest BCUT2D eigenvalue weighted by atomic mass is 9.80. The SMILES string of the molecule is Cl.O=C(CCC1CCNC1)N1CC2(CCCC2)c2c(F)cccc21. The maximum Gasteiger partial charge on any atom is 0.227 e. The van der Waals surface area contributed by atoms with E-state index < -0.39 is 0 Å². The molecule has 1 unspecified atom stereocenters. The van der Waals surface area contributed by atoms with E-state index >= 15 is 0 Å². The van der Waals surface area contributed by atoms with Crippen molar-refractivity contribution in [2.45, 2.75) is 50.4 Å². The third kappa shape index (κ3) is 2.95. The van der Waals surface area contributed by atoms with Crippen molar-refractivity contribution in [2.75, 3.05) is 24.5 Å². The Hall–Kier alpha value is -1.13. The van der Waals surface area contributed by atoms with Crippen LogP contribution in [-0.4, -0.2) is 25.5 Å². The Morgan fingerprint density at radius 2 is 2.12 bits per heavy atom. The summed E-state index contributed by atoms with van der Waals surface area (Å²) in [6.45, 7) is 2.78. The van der Waals surface area contributed by atoms with Gasteiger partial charge in [0, 0.05) is 23.9 Å². The van der Waals surface area contributed by atoms with Gasteiger partial charge < -0.3 is 10.2 Å². The average molecular weight is 353 g/mol. The predicted octanol–water partition coefficient (Wildman–Crippen LogP) is 3.80. The summed E-state index contributed by atoms with van der Waals surface area (Å²) in [7, 11) is 0.